The molecule has 0 fully saturated rings. The molecule has 7 heteroatoms. The van der Waals surface area contributed by atoms with Crippen LogP contribution in [0.15, 0.2) is 88.7 Å². The molecule has 0 saturated carbocycles. The second-order valence-electron chi connectivity index (χ2n) is 7.44. The zero-order valence-electron chi connectivity index (χ0n) is 17.0. The van der Waals surface area contributed by atoms with Gasteiger partial charge in [0.2, 0.25) is 0 Å². The molecular weight excluding hydrogens is 444 g/mol. The molecule has 32 heavy (non-hydrogen) atoms. The fourth-order valence-electron chi connectivity index (χ4n) is 3.83. The van der Waals surface area contributed by atoms with E-state index in [9.17, 15) is 14.5 Å². The summed E-state index contributed by atoms with van der Waals surface area (Å²) in [5.74, 6) is 0.0103. The number of hydrogen-bond donors (Lipinski definition) is 2. The van der Waals surface area contributed by atoms with Crippen LogP contribution in [0.2, 0.25) is 5.02 Å². The third-order valence-electron chi connectivity index (χ3n) is 5.43. The normalized spacial score (nSPS) is 12.3. The zero-order chi connectivity index (χ0) is 22.4. The van der Waals surface area contributed by atoms with Crippen molar-refractivity contribution in [3.63, 3.8) is 0 Å². The topological polar surface area (TPSA) is 75.4 Å². The first kappa shape index (κ1) is 20.6. The van der Waals surface area contributed by atoms with Gasteiger partial charge in [-0.1, -0.05) is 23.7 Å². The molecule has 3 aromatic carbocycles. The third kappa shape index (κ3) is 3.52. The summed E-state index contributed by atoms with van der Waals surface area (Å²) in [6, 6.07) is 21.5. The number of aromatic hydroxyl groups is 1. The van der Waals surface area contributed by atoms with Gasteiger partial charge in [-0.15, -0.1) is 0 Å². The first-order valence-electron chi connectivity index (χ1n) is 9.81. The van der Waals surface area contributed by atoms with Crippen molar-refractivity contribution in [2.75, 3.05) is 6.26 Å². The number of phenols is 1. The van der Waals surface area contributed by atoms with Gasteiger partial charge in [0.1, 0.15) is 12.0 Å². The Kier molecular flexibility index (Phi) is 5.13. The van der Waals surface area contributed by atoms with E-state index in [0.29, 0.717) is 5.69 Å². The number of fused-ring (bicyclic) bond motifs is 3. The van der Waals surface area contributed by atoms with Crippen LogP contribution in [0.1, 0.15) is 0 Å². The first-order chi connectivity index (χ1) is 15.4. The molecule has 5 nitrogen and oxygen atoms in total. The van der Waals surface area contributed by atoms with Gasteiger partial charge in [0.05, 0.1) is 16.1 Å². The van der Waals surface area contributed by atoms with Gasteiger partial charge < -0.3 is 5.11 Å². The SMILES string of the molecule is C[S+](O)c1ccc(-n2c(=O)ccc3cnc4ccc(-c5ccc(Cl)c(O)c5)cc4c32)cc1. The number of phenolic OH excluding ortho intramolecular Hbond substituents is 1. The lowest BCUT2D eigenvalue weighted by atomic mass is 10.0. The van der Waals surface area contributed by atoms with Crippen LogP contribution in [0.4, 0.5) is 0 Å². The minimum absolute atomic E-state index is 0.0103. The third-order valence-corrected chi connectivity index (χ3v) is 6.71. The highest BCUT2D eigenvalue weighted by Crippen LogP contribution is 2.33. The minimum atomic E-state index is -0.854. The number of nitrogens with zero attached hydrogens (tertiary/aromatic N) is 2. The molecular formula is C25H18ClN2O3S+. The Morgan fingerprint density at radius 3 is 2.38 bits per heavy atom. The molecule has 0 aliphatic heterocycles. The molecule has 5 aromatic rings. The molecule has 2 aromatic heterocycles. The monoisotopic (exact) mass is 461 g/mol. The fourth-order valence-corrected chi connectivity index (χ4v) is 4.48. The van der Waals surface area contributed by atoms with Crippen molar-refractivity contribution >= 4 is 44.6 Å². The molecule has 0 amide bonds. The Morgan fingerprint density at radius 2 is 1.66 bits per heavy atom. The van der Waals surface area contributed by atoms with Crippen molar-refractivity contribution in [3.05, 3.63) is 94.4 Å². The highest BCUT2D eigenvalue weighted by molar-refractivity contribution is 7.90. The maximum atomic E-state index is 13.0. The molecule has 2 heterocycles. The fraction of sp³-hybridized carbons (Fsp3) is 0.0400. The number of aromatic nitrogens is 2. The molecule has 2 N–H and O–H groups in total. The summed E-state index contributed by atoms with van der Waals surface area (Å²) in [6.07, 6.45) is 3.49. The predicted molar refractivity (Wildman–Crippen MR) is 131 cm³/mol. The van der Waals surface area contributed by atoms with Crippen LogP contribution >= 0.6 is 11.6 Å². The van der Waals surface area contributed by atoms with E-state index in [1.54, 1.807) is 35.2 Å². The predicted octanol–water partition coefficient (Wildman–Crippen LogP) is 5.64. The average Bonchev–Trinajstić information content (AvgIpc) is 2.80. The zero-order valence-corrected chi connectivity index (χ0v) is 18.6. The van der Waals surface area contributed by atoms with E-state index >= 15 is 0 Å². The van der Waals surface area contributed by atoms with E-state index in [0.717, 1.165) is 37.8 Å². The van der Waals surface area contributed by atoms with Crippen molar-refractivity contribution in [1.82, 2.24) is 9.55 Å². The number of benzene rings is 3. The number of hydrogen-bond acceptors (Lipinski definition) is 4. The first-order valence-corrected chi connectivity index (χ1v) is 11.8. The van der Waals surface area contributed by atoms with E-state index in [-0.39, 0.29) is 16.3 Å². The van der Waals surface area contributed by atoms with E-state index in [4.69, 9.17) is 11.6 Å². The molecule has 158 valence electrons. The molecule has 1 atom stereocenters. The Balaban J connectivity index is 1.80. The molecule has 0 aliphatic carbocycles. The molecule has 0 spiro atoms. The van der Waals surface area contributed by atoms with Crippen LogP contribution in [0.5, 0.6) is 5.75 Å². The summed E-state index contributed by atoms with van der Waals surface area (Å²) < 4.78 is 11.5. The summed E-state index contributed by atoms with van der Waals surface area (Å²) in [5.41, 5.74) is 3.71. The van der Waals surface area contributed by atoms with E-state index < -0.39 is 11.2 Å². The lowest BCUT2D eigenvalue weighted by Crippen LogP contribution is -2.17. The number of halogens is 1. The molecule has 0 saturated heterocycles. The van der Waals surface area contributed by atoms with Crippen LogP contribution in [-0.2, 0) is 11.2 Å². The van der Waals surface area contributed by atoms with Crippen LogP contribution in [0, 0.1) is 0 Å². The number of rotatable bonds is 3. The summed E-state index contributed by atoms with van der Waals surface area (Å²) in [7, 11) is 0. The quantitative estimate of drug-likeness (QED) is 0.269. The second-order valence-corrected chi connectivity index (χ2v) is 9.27. The maximum absolute atomic E-state index is 13.0. The van der Waals surface area contributed by atoms with Gasteiger partial charge in [-0.05, 0) is 65.7 Å². The van der Waals surface area contributed by atoms with Crippen LogP contribution in [-0.4, -0.2) is 25.5 Å². The highest BCUT2D eigenvalue weighted by Gasteiger charge is 2.15. The van der Waals surface area contributed by atoms with Gasteiger partial charge in [-0.2, -0.15) is 4.55 Å². The molecule has 1 unspecified atom stereocenters. The van der Waals surface area contributed by atoms with Gasteiger partial charge in [-0.25, -0.2) is 0 Å². The van der Waals surface area contributed by atoms with Crippen LogP contribution in [0.25, 0.3) is 38.6 Å². The van der Waals surface area contributed by atoms with E-state index in [1.807, 2.05) is 48.5 Å². The van der Waals surface area contributed by atoms with Crippen molar-refractivity contribution < 1.29 is 9.66 Å². The molecule has 0 radical (unpaired) electrons. The minimum Gasteiger partial charge on any atom is -0.506 e. The van der Waals surface area contributed by atoms with Gasteiger partial charge in [0, 0.05) is 28.7 Å². The summed E-state index contributed by atoms with van der Waals surface area (Å²) in [5, 5.41) is 12.0. The highest BCUT2D eigenvalue weighted by atomic mass is 35.5. The summed E-state index contributed by atoms with van der Waals surface area (Å²) >= 11 is 5.11. The Hall–Kier alpha value is -3.32. The molecule has 0 bridgehead atoms. The van der Waals surface area contributed by atoms with Crippen molar-refractivity contribution in [2.45, 2.75) is 4.90 Å². The lowest BCUT2D eigenvalue weighted by molar-refractivity contribution is 0.476. The summed E-state index contributed by atoms with van der Waals surface area (Å²) in [4.78, 5) is 18.3. The van der Waals surface area contributed by atoms with Gasteiger partial charge in [0.15, 0.2) is 16.1 Å². The summed E-state index contributed by atoms with van der Waals surface area (Å²) in [6.45, 7) is 0. The van der Waals surface area contributed by atoms with Crippen molar-refractivity contribution in [1.29, 1.82) is 0 Å². The number of pyridine rings is 2. The Bertz CT molecular complexity index is 1550. The average molecular weight is 462 g/mol. The maximum Gasteiger partial charge on any atom is 0.255 e. The van der Waals surface area contributed by atoms with Gasteiger partial charge in [-0.3, -0.25) is 14.3 Å². The lowest BCUT2D eigenvalue weighted by Gasteiger charge is -2.13. The largest absolute Gasteiger partial charge is 0.506 e. The van der Waals surface area contributed by atoms with Crippen molar-refractivity contribution in [3.8, 4) is 22.6 Å². The van der Waals surface area contributed by atoms with Crippen LogP contribution in [0.3, 0.4) is 0 Å². The molecule has 0 aliphatic rings. The van der Waals surface area contributed by atoms with Gasteiger partial charge >= 0.3 is 0 Å². The smallest absolute Gasteiger partial charge is 0.255 e. The molecule has 5 rings (SSSR count). The second kappa shape index (κ2) is 7.98. The Morgan fingerprint density at radius 1 is 0.938 bits per heavy atom. The van der Waals surface area contributed by atoms with Crippen molar-refractivity contribution in [2.24, 2.45) is 0 Å². The van der Waals surface area contributed by atoms with Gasteiger partial charge in [0.25, 0.3) is 5.56 Å². The van der Waals surface area contributed by atoms with E-state index in [1.165, 1.54) is 6.07 Å². The Labute approximate surface area is 191 Å². The standard InChI is InChI=1S/C25H17ClN2O3S/c1-32(31)19-7-5-18(6-8-19)28-24(30)11-4-17-14-27-22-10-3-15(12-20(22)25(17)28)16-2-9-21(26)23(29)13-16/h2-14,31H,1H3/p+1. The van der Waals surface area contributed by atoms with E-state index in [2.05, 4.69) is 4.98 Å². The van der Waals surface area contributed by atoms with Crippen LogP contribution < -0.4 is 5.56 Å².